The highest BCUT2D eigenvalue weighted by molar-refractivity contribution is 5.81. The third-order valence-electron chi connectivity index (χ3n) is 3.37. The first-order valence-corrected chi connectivity index (χ1v) is 6.25. The Morgan fingerprint density at radius 3 is 2.24 bits per heavy atom. The van der Waals surface area contributed by atoms with Gasteiger partial charge in [-0.15, -0.1) is 6.42 Å². The standard InChI is InChI=1S/C13H23N3O/c1-5-6-14-13(17)12(4)16-9-7-15(8-10-16)11(2)3/h1,11-12H,6-10H2,2-4H3,(H,14,17)/t12-/m1/s1. The topological polar surface area (TPSA) is 35.6 Å². The van der Waals surface area contributed by atoms with Gasteiger partial charge in [0.2, 0.25) is 5.91 Å². The summed E-state index contributed by atoms with van der Waals surface area (Å²) in [4.78, 5) is 16.4. The van der Waals surface area contributed by atoms with E-state index in [-0.39, 0.29) is 11.9 Å². The van der Waals surface area contributed by atoms with Crippen LogP contribution in [0.15, 0.2) is 0 Å². The summed E-state index contributed by atoms with van der Waals surface area (Å²) in [7, 11) is 0. The van der Waals surface area contributed by atoms with Crippen molar-refractivity contribution in [1.82, 2.24) is 15.1 Å². The molecule has 4 heteroatoms. The monoisotopic (exact) mass is 237 g/mol. The molecule has 1 amide bonds. The van der Waals surface area contributed by atoms with Crippen molar-refractivity contribution in [3.8, 4) is 12.3 Å². The second-order valence-corrected chi connectivity index (χ2v) is 4.76. The van der Waals surface area contributed by atoms with Gasteiger partial charge in [-0.2, -0.15) is 0 Å². The third-order valence-corrected chi connectivity index (χ3v) is 3.37. The number of nitrogens with one attached hydrogen (secondary N) is 1. The third kappa shape index (κ3) is 4.03. The van der Waals surface area contributed by atoms with Crippen molar-refractivity contribution in [1.29, 1.82) is 0 Å². The van der Waals surface area contributed by atoms with Crippen molar-refractivity contribution < 1.29 is 4.79 Å². The molecule has 0 bridgehead atoms. The maximum Gasteiger partial charge on any atom is 0.237 e. The van der Waals surface area contributed by atoms with E-state index in [1.54, 1.807) is 0 Å². The molecule has 96 valence electrons. The fourth-order valence-electron chi connectivity index (χ4n) is 2.09. The van der Waals surface area contributed by atoms with Gasteiger partial charge in [0.05, 0.1) is 12.6 Å². The Morgan fingerprint density at radius 1 is 1.24 bits per heavy atom. The first kappa shape index (κ1) is 14.0. The molecule has 0 aromatic rings. The maximum absolute atomic E-state index is 11.8. The van der Waals surface area contributed by atoms with E-state index in [0.29, 0.717) is 12.6 Å². The van der Waals surface area contributed by atoms with Gasteiger partial charge in [0.1, 0.15) is 0 Å². The van der Waals surface area contributed by atoms with Crippen LogP contribution < -0.4 is 5.32 Å². The SMILES string of the molecule is C#CCNC(=O)[C@@H](C)N1CCN(C(C)C)CC1. The quantitative estimate of drug-likeness (QED) is 0.707. The van der Waals surface area contributed by atoms with Crippen LogP contribution in [-0.4, -0.2) is 60.5 Å². The highest BCUT2D eigenvalue weighted by Crippen LogP contribution is 2.08. The second-order valence-electron chi connectivity index (χ2n) is 4.76. The average molecular weight is 237 g/mol. The Labute approximate surface area is 104 Å². The second kappa shape index (κ2) is 6.63. The number of hydrogen-bond donors (Lipinski definition) is 1. The Hall–Kier alpha value is -1.05. The fourth-order valence-corrected chi connectivity index (χ4v) is 2.09. The number of rotatable bonds is 4. The first-order chi connectivity index (χ1) is 8.06. The molecule has 1 rings (SSSR count). The van der Waals surface area contributed by atoms with E-state index in [4.69, 9.17) is 6.42 Å². The molecule has 1 heterocycles. The molecule has 0 aromatic carbocycles. The van der Waals surface area contributed by atoms with E-state index in [2.05, 4.69) is 34.9 Å². The van der Waals surface area contributed by atoms with Crippen LogP contribution in [0.4, 0.5) is 0 Å². The van der Waals surface area contributed by atoms with Gasteiger partial charge in [0.25, 0.3) is 0 Å². The van der Waals surface area contributed by atoms with Crippen LogP contribution in [0.3, 0.4) is 0 Å². The van der Waals surface area contributed by atoms with E-state index in [0.717, 1.165) is 26.2 Å². The van der Waals surface area contributed by atoms with E-state index in [9.17, 15) is 4.79 Å². The Balaban J connectivity index is 2.38. The van der Waals surface area contributed by atoms with E-state index in [1.165, 1.54) is 0 Å². The number of piperazine rings is 1. The summed E-state index contributed by atoms with van der Waals surface area (Å²) in [6.07, 6.45) is 5.12. The minimum absolute atomic E-state index is 0.0287. The molecule has 1 atom stereocenters. The normalized spacial score (nSPS) is 19.9. The Morgan fingerprint density at radius 2 is 1.76 bits per heavy atom. The van der Waals surface area contributed by atoms with Crippen molar-refractivity contribution in [2.24, 2.45) is 0 Å². The van der Waals surface area contributed by atoms with Crippen LogP contribution in [0.5, 0.6) is 0 Å². The summed E-state index contributed by atoms with van der Waals surface area (Å²) in [6, 6.07) is 0.500. The minimum atomic E-state index is -0.0855. The molecule has 0 saturated carbocycles. The molecule has 4 nitrogen and oxygen atoms in total. The number of nitrogens with zero attached hydrogens (tertiary/aromatic N) is 2. The number of hydrogen-bond acceptors (Lipinski definition) is 3. The van der Waals surface area contributed by atoms with Crippen LogP contribution >= 0.6 is 0 Å². The Bertz CT molecular complexity index is 288. The molecule has 0 aromatic heterocycles. The summed E-state index contributed by atoms with van der Waals surface area (Å²) in [5.74, 6) is 2.45. The maximum atomic E-state index is 11.8. The Kier molecular flexibility index (Phi) is 5.46. The van der Waals surface area contributed by atoms with Crippen LogP contribution in [0, 0.1) is 12.3 Å². The minimum Gasteiger partial charge on any atom is -0.344 e. The predicted octanol–water partition coefficient (Wildman–Crippen LogP) is 0.150. The van der Waals surface area contributed by atoms with Crippen molar-refractivity contribution >= 4 is 5.91 Å². The molecule has 1 aliphatic heterocycles. The van der Waals surface area contributed by atoms with Gasteiger partial charge in [0.15, 0.2) is 0 Å². The highest BCUT2D eigenvalue weighted by Gasteiger charge is 2.25. The largest absolute Gasteiger partial charge is 0.344 e. The van der Waals surface area contributed by atoms with Crippen LogP contribution in [-0.2, 0) is 4.79 Å². The van der Waals surface area contributed by atoms with Gasteiger partial charge in [-0.25, -0.2) is 0 Å². The summed E-state index contributed by atoms with van der Waals surface area (Å²) in [5, 5.41) is 2.73. The van der Waals surface area contributed by atoms with Crippen molar-refractivity contribution in [2.75, 3.05) is 32.7 Å². The van der Waals surface area contributed by atoms with Gasteiger partial charge >= 0.3 is 0 Å². The lowest BCUT2D eigenvalue weighted by molar-refractivity contribution is -0.126. The molecule has 1 aliphatic rings. The summed E-state index contributed by atoms with van der Waals surface area (Å²) in [5.41, 5.74) is 0. The van der Waals surface area contributed by atoms with Crippen molar-refractivity contribution in [3.63, 3.8) is 0 Å². The van der Waals surface area contributed by atoms with Crippen LogP contribution in [0.1, 0.15) is 20.8 Å². The molecule has 1 saturated heterocycles. The zero-order valence-electron chi connectivity index (χ0n) is 11.1. The van der Waals surface area contributed by atoms with E-state index in [1.807, 2.05) is 6.92 Å². The average Bonchev–Trinajstić information content (AvgIpc) is 2.35. The van der Waals surface area contributed by atoms with E-state index >= 15 is 0 Å². The molecule has 0 spiro atoms. The smallest absolute Gasteiger partial charge is 0.237 e. The lowest BCUT2D eigenvalue weighted by Gasteiger charge is -2.39. The number of carbonyl (C=O) groups excluding carboxylic acids is 1. The number of carbonyl (C=O) groups is 1. The van der Waals surface area contributed by atoms with E-state index < -0.39 is 0 Å². The van der Waals surface area contributed by atoms with Gasteiger partial charge in [-0.05, 0) is 20.8 Å². The molecule has 17 heavy (non-hydrogen) atoms. The molecule has 0 aliphatic carbocycles. The van der Waals surface area contributed by atoms with Gasteiger partial charge in [-0.3, -0.25) is 14.6 Å². The fraction of sp³-hybridized carbons (Fsp3) is 0.769. The number of terminal acetylenes is 1. The molecular weight excluding hydrogens is 214 g/mol. The van der Waals surface area contributed by atoms with Crippen LogP contribution in [0.25, 0.3) is 0 Å². The van der Waals surface area contributed by atoms with Gasteiger partial charge < -0.3 is 5.32 Å². The first-order valence-electron chi connectivity index (χ1n) is 6.25. The summed E-state index contributed by atoms with van der Waals surface area (Å²) < 4.78 is 0. The molecule has 0 radical (unpaired) electrons. The zero-order chi connectivity index (χ0) is 12.8. The van der Waals surface area contributed by atoms with Gasteiger partial charge in [0, 0.05) is 32.2 Å². The lowest BCUT2D eigenvalue weighted by atomic mass is 10.2. The molecule has 0 unspecified atom stereocenters. The predicted molar refractivity (Wildman–Crippen MR) is 69.6 cm³/mol. The van der Waals surface area contributed by atoms with Crippen LogP contribution in [0.2, 0.25) is 0 Å². The molecule has 1 fully saturated rings. The van der Waals surface area contributed by atoms with Crippen molar-refractivity contribution in [2.45, 2.75) is 32.9 Å². The summed E-state index contributed by atoms with van der Waals surface area (Å²) in [6.45, 7) is 10.6. The van der Waals surface area contributed by atoms with Gasteiger partial charge in [-0.1, -0.05) is 5.92 Å². The highest BCUT2D eigenvalue weighted by atomic mass is 16.2. The molecule has 1 N–H and O–H groups in total. The molecular formula is C13H23N3O. The zero-order valence-corrected chi connectivity index (χ0v) is 11.1. The summed E-state index contributed by atoms with van der Waals surface area (Å²) >= 11 is 0. The number of amides is 1. The lowest BCUT2D eigenvalue weighted by Crippen LogP contribution is -2.55. The van der Waals surface area contributed by atoms with Crippen molar-refractivity contribution in [3.05, 3.63) is 0 Å².